The molecule has 0 saturated carbocycles. The Labute approximate surface area is 159 Å². The Hall–Kier alpha value is -1.09. The molecule has 3 aliphatic rings. The number of likely N-dealkylation sites (tertiary alicyclic amines) is 1. The van der Waals surface area contributed by atoms with Crippen LogP contribution in [0.5, 0.6) is 0 Å². The summed E-state index contributed by atoms with van der Waals surface area (Å²) in [6, 6.07) is 3.72. The smallest absolute Gasteiger partial charge is 0.211 e. The van der Waals surface area contributed by atoms with Crippen LogP contribution in [-0.4, -0.2) is 62.2 Å². The monoisotopic (exact) mass is 400 g/mol. The van der Waals surface area contributed by atoms with Crippen LogP contribution in [0, 0.1) is 23.5 Å². The molecule has 0 N–H and O–H groups in total. The average Bonchev–Trinajstić information content (AvgIpc) is 3.16. The molecule has 3 heterocycles. The zero-order valence-electron chi connectivity index (χ0n) is 15.6. The standard InChI is InChI=1S/C19H26F2N2O3S/c1-12-7-15(11-26-19(12)16-8-14(20)3-4-17(16)21)22-9-13-5-6-23(18(13)10-22)27(2,24)25/h3-4,8,12-13,15,18-19H,5-7,9-11H2,1-2H3/t12-,13?,15+,18?,19-/m0/s1. The predicted molar refractivity (Wildman–Crippen MR) is 97.6 cm³/mol. The van der Waals surface area contributed by atoms with Crippen LogP contribution in [0.3, 0.4) is 0 Å². The largest absolute Gasteiger partial charge is 0.372 e. The molecule has 27 heavy (non-hydrogen) atoms. The maximum Gasteiger partial charge on any atom is 0.211 e. The summed E-state index contributed by atoms with van der Waals surface area (Å²) in [6.07, 6.45) is 2.54. The van der Waals surface area contributed by atoms with Crippen molar-refractivity contribution in [2.45, 2.75) is 38.0 Å². The Kier molecular flexibility index (Phi) is 5.03. The normalized spacial score (nSPS) is 35.5. The second-order valence-corrected chi connectivity index (χ2v) is 10.2. The number of hydrogen-bond donors (Lipinski definition) is 0. The van der Waals surface area contributed by atoms with Gasteiger partial charge < -0.3 is 4.74 Å². The molecule has 0 bridgehead atoms. The highest BCUT2D eigenvalue weighted by molar-refractivity contribution is 7.88. The van der Waals surface area contributed by atoms with E-state index in [4.69, 9.17) is 4.74 Å². The third kappa shape index (κ3) is 3.64. The lowest BCUT2D eigenvalue weighted by Gasteiger charge is -2.39. The van der Waals surface area contributed by atoms with Gasteiger partial charge >= 0.3 is 0 Å². The van der Waals surface area contributed by atoms with Crippen LogP contribution in [0.4, 0.5) is 8.78 Å². The molecule has 8 heteroatoms. The lowest BCUT2D eigenvalue weighted by molar-refractivity contribution is -0.0679. The Balaban J connectivity index is 1.43. The first kappa shape index (κ1) is 19.2. The van der Waals surface area contributed by atoms with Crippen molar-refractivity contribution in [2.24, 2.45) is 11.8 Å². The first-order valence-corrected chi connectivity index (χ1v) is 11.4. The van der Waals surface area contributed by atoms with E-state index in [9.17, 15) is 17.2 Å². The second kappa shape index (κ2) is 7.06. The SMILES string of the molecule is C[C@H]1C[C@@H](N2CC3CCN(S(C)(=O)=O)C3C2)CO[C@@H]1c1cc(F)ccc1F. The summed E-state index contributed by atoms with van der Waals surface area (Å²) in [5.41, 5.74) is 0.280. The van der Waals surface area contributed by atoms with Crippen LogP contribution in [0.2, 0.25) is 0 Å². The van der Waals surface area contributed by atoms with E-state index in [-0.39, 0.29) is 23.6 Å². The van der Waals surface area contributed by atoms with Crippen molar-refractivity contribution >= 4 is 10.0 Å². The average molecular weight is 400 g/mol. The zero-order valence-corrected chi connectivity index (χ0v) is 16.5. The fraction of sp³-hybridized carbons (Fsp3) is 0.684. The number of ether oxygens (including phenoxy) is 1. The minimum Gasteiger partial charge on any atom is -0.372 e. The maximum atomic E-state index is 14.1. The van der Waals surface area contributed by atoms with Gasteiger partial charge in [-0.3, -0.25) is 4.90 Å². The molecule has 1 aromatic rings. The van der Waals surface area contributed by atoms with Crippen molar-refractivity contribution in [3.05, 3.63) is 35.4 Å². The molecular formula is C19H26F2N2O3S. The van der Waals surface area contributed by atoms with Gasteiger partial charge in [0.15, 0.2) is 0 Å². The highest BCUT2D eigenvalue weighted by Crippen LogP contribution is 2.40. The van der Waals surface area contributed by atoms with Crippen LogP contribution in [0.25, 0.3) is 0 Å². The van der Waals surface area contributed by atoms with Gasteiger partial charge in [0, 0.05) is 37.3 Å². The van der Waals surface area contributed by atoms with E-state index in [0.29, 0.717) is 19.1 Å². The Bertz CT molecular complexity index is 819. The van der Waals surface area contributed by atoms with Crippen LogP contribution < -0.4 is 0 Å². The number of nitrogens with zero attached hydrogens (tertiary/aromatic N) is 2. The molecule has 3 fully saturated rings. The fourth-order valence-corrected chi connectivity index (χ4v) is 6.22. The minimum absolute atomic E-state index is 0.0477. The van der Waals surface area contributed by atoms with Gasteiger partial charge in [-0.2, -0.15) is 4.31 Å². The first-order chi connectivity index (χ1) is 12.7. The summed E-state index contributed by atoms with van der Waals surface area (Å²) in [4.78, 5) is 2.32. The summed E-state index contributed by atoms with van der Waals surface area (Å²) in [6.45, 7) is 4.65. The zero-order chi connectivity index (χ0) is 19.3. The number of fused-ring (bicyclic) bond motifs is 1. The van der Waals surface area contributed by atoms with Crippen molar-refractivity contribution in [3.63, 3.8) is 0 Å². The van der Waals surface area contributed by atoms with E-state index >= 15 is 0 Å². The molecule has 0 radical (unpaired) electrons. The molecule has 1 aromatic carbocycles. The van der Waals surface area contributed by atoms with Gasteiger partial charge in [0.1, 0.15) is 11.6 Å². The van der Waals surface area contributed by atoms with Crippen LogP contribution >= 0.6 is 0 Å². The van der Waals surface area contributed by atoms with Crippen molar-refractivity contribution in [1.29, 1.82) is 0 Å². The number of rotatable bonds is 3. The van der Waals surface area contributed by atoms with Crippen molar-refractivity contribution in [2.75, 3.05) is 32.5 Å². The van der Waals surface area contributed by atoms with Crippen LogP contribution in [-0.2, 0) is 14.8 Å². The van der Waals surface area contributed by atoms with Crippen molar-refractivity contribution in [3.8, 4) is 0 Å². The number of sulfonamides is 1. The van der Waals surface area contributed by atoms with Crippen LogP contribution in [0.1, 0.15) is 31.4 Å². The highest BCUT2D eigenvalue weighted by atomic mass is 32.2. The quantitative estimate of drug-likeness (QED) is 0.782. The number of benzene rings is 1. The van der Waals surface area contributed by atoms with Gasteiger partial charge in [-0.15, -0.1) is 0 Å². The molecular weight excluding hydrogens is 374 g/mol. The summed E-state index contributed by atoms with van der Waals surface area (Å²) in [5, 5.41) is 0. The van der Waals surface area contributed by atoms with Gasteiger partial charge in [0.2, 0.25) is 10.0 Å². The number of hydrogen-bond acceptors (Lipinski definition) is 4. The summed E-state index contributed by atoms with van der Waals surface area (Å²) >= 11 is 0. The predicted octanol–water partition coefficient (Wildman–Crippen LogP) is 2.40. The molecule has 0 aliphatic carbocycles. The van der Waals surface area contributed by atoms with Gasteiger partial charge in [-0.1, -0.05) is 6.92 Å². The first-order valence-electron chi connectivity index (χ1n) is 9.51. The van der Waals surface area contributed by atoms with Gasteiger partial charge in [0.25, 0.3) is 0 Å². The van der Waals surface area contributed by atoms with E-state index in [1.165, 1.54) is 12.3 Å². The number of halogens is 2. The van der Waals surface area contributed by atoms with Gasteiger partial charge in [0.05, 0.1) is 19.0 Å². The Morgan fingerprint density at radius 1 is 1.22 bits per heavy atom. The van der Waals surface area contributed by atoms with Gasteiger partial charge in [-0.25, -0.2) is 17.2 Å². The summed E-state index contributed by atoms with van der Waals surface area (Å²) < 4.78 is 59.2. The Morgan fingerprint density at radius 3 is 2.70 bits per heavy atom. The maximum absolute atomic E-state index is 14.1. The van der Waals surface area contributed by atoms with E-state index in [2.05, 4.69) is 4.90 Å². The molecule has 0 aromatic heterocycles. The third-order valence-corrected chi connectivity index (χ3v) is 7.67. The second-order valence-electron chi connectivity index (χ2n) is 8.23. The summed E-state index contributed by atoms with van der Waals surface area (Å²) in [5.74, 6) is -0.483. The Morgan fingerprint density at radius 2 is 2.00 bits per heavy atom. The van der Waals surface area contributed by atoms with Crippen molar-refractivity contribution in [1.82, 2.24) is 9.21 Å². The summed E-state index contributed by atoms with van der Waals surface area (Å²) in [7, 11) is -3.18. The molecule has 4 rings (SSSR count). The van der Waals surface area contributed by atoms with E-state index in [1.54, 1.807) is 4.31 Å². The molecule has 0 spiro atoms. The molecule has 3 saturated heterocycles. The van der Waals surface area contributed by atoms with Crippen molar-refractivity contribution < 1.29 is 21.9 Å². The van der Waals surface area contributed by atoms with Crippen LogP contribution in [0.15, 0.2) is 18.2 Å². The molecule has 2 unspecified atom stereocenters. The van der Waals surface area contributed by atoms with E-state index < -0.39 is 27.8 Å². The molecule has 5 atom stereocenters. The highest BCUT2D eigenvalue weighted by Gasteiger charge is 2.47. The lowest BCUT2D eigenvalue weighted by Crippen LogP contribution is -2.45. The lowest BCUT2D eigenvalue weighted by atomic mass is 9.88. The fourth-order valence-electron chi connectivity index (χ4n) is 5.05. The van der Waals surface area contributed by atoms with E-state index in [1.807, 2.05) is 6.92 Å². The molecule has 150 valence electrons. The molecule has 3 aliphatic heterocycles. The third-order valence-electron chi connectivity index (χ3n) is 6.36. The van der Waals surface area contributed by atoms with E-state index in [0.717, 1.165) is 38.1 Å². The molecule has 0 amide bonds. The topological polar surface area (TPSA) is 49.9 Å². The minimum atomic E-state index is -3.18. The van der Waals surface area contributed by atoms with Gasteiger partial charge in [-0.05, 0) is 42.9 Å². The molecule has 5 nitrogen and oxygen atoms in total.